The van der Waals surface area contributed by atoms with E-state index in [1.54, 1.807) is 28.8 Å². The number of nitrogens with one attached hydrogen (secondary N) is 1. The van der Waals surface area contributed by atoms with Gasteiger partial charge in [-0.2, -0.15) is 10.4 Å². The van der Waals surface area contributed by atoms with Gasteiger partial charge in [0.15, 0.2) is 11.4 Å². The number of nitriles is 1. The Morgan fingerprint density at radius 1 is 1.31 bits per heavy atom. The molecule has 0 saturated carbocycles. The lowest BCUT2D eigenvalue weighted by Gasteiger charge is -2.25. The topological polar surface area (TPSA) is 137 Å². The van der Waals surface area contributed by atoms with E-state index in [4.69, 9.17) is 19.5 Å². The lowest BCUT2D eigenvalue weighted by Crippen LogP contribution is -2.29. The summed E-state index contributed by atoms with van der Waals surface area (Å²) >= 11 is 0. The Hall–Kier alpha value is -2.96. The molecule has 10 nitrogen and oxygen atoms in total. The van der Waals surface area contributed by atoms with Crippen LogP contribution in [0.15, 0.2) is 42.7 Å². The molecule has 3 atom stereocenters. The summed E-state index contributed by atoms with van der Waals surface area (Å²) in [6.07, 6.45) is 1.82. The van der Waals surface area contributed by atoms with Gasteiger partial charge < -0.3 is 15.0 Å². The van der Waals surface area contributed by atoms with Gasteiger partial charge >= 0.3 is 7.75 Å². The van der Waals surface area contributed by atoms with E-state index in [-0.39, 0.29) is 18.1 Å². The molecule has 1 aliphatic rings. The molecule has 3 unspecified atom stereocenters. The SMILES string of the molecule is CC(C)NP(=O)(OCC1CCC(C#N)(c2ccc3c(N)ncnn23)O1)Oc1ccc(C(C)(C)C)cc1. The van der Waals surface area contributed by atoms with Crippen molar-refractivity contribution >= 4 is 19.1 Å². The smallest absolute Gasteiger partial charge is 0.413 e. The van der Waals surface area contributed by atoms with E-state index in [9.17, 15) is 9.83 Å². The van der Waals surface area contributed by atoms with Crippen molar-refractivity contribution < 1.29 is 18.3 Å². The number of aromatic nitrogens is 3. The minimum atomic E-state index is -3.72. The molecule has 36 heavy (non-hydrogen) atoms. The number of nitrogen functional groups attached to an aromatic ring is 1. The number of hydrogen-bond acceptors (Lipinski definition) is 8. The minimum Gasteiger partial charge on any atom is -0.413 e. The normalized spacial score (nSPS) is 22.0. The number of fused-ring (bicyclic) bond motifs is 1. The molecule has 11 heteroatoms. The van der Waals surface area contributed by atoms with Crippen molar-refractivity contribution in [3.63, 3.8) is 0 Å². The molecule has 0 amide bonds. The number of benzene rings is 1. The van der Waals surface area contributed by atoms with Crippen LogP contribution in [0, 0.1) is 11.3 Å². The van der Waals surface area contributed by atoms with Crippen LogP contribution in [0.25, 0.3) is 5.52 Å². The van der Waals surface area contributed by atoms with E-state index < -0.39 is 19.5 Å². The number of rotatable bonds is 8. The lowest BCUT2D eigenvalue weighted by atomic mass is 9.87. The van der Waals surface area contributed by atoms with Gasteiger partial charge in [0.05, 0.1) is 18.4 Å². The van der Waals surface area contributed by atoms with Gasteiger partial charge in [-0.3, -0.25) is 4.52 Å². The van der Waals surface area contributed by atoms with E-state index >= 15 is 0 Å². The Bertz CT molecular complexity index is 1310. The van der Waals surface area contributed by atoms with Crippen LogP contribution in [0.5, 0.6) is 5.75 Å². The van der Waals surface area contributed by atoms with Crippen LogP contribution < -0.4 is 15.3 Å². The van der Waals surface area contributed by atoms with Gasteiger partial charge in [-0.05, 0) is 61.9 Å². The number of nitrogens with zero attached hydrogens (tertiary/aromatic N) is 4. The van der Waals surface area contributed by atoms with Crippen LogP contribution >= 0.6 is 7.75 Å². The summed E-state index contributed by atoms with van der Waals surface area (Å²) in [5, 5.41) is 17.2. The van der Waals surface area contributed by atoms with Crippen LogP contribution in [0.3, 0.4) is 0 Å². The first-order valence-electron chi connectivity index (χ1n) is 11.9. The summed E-state index contributed by atoms with van der Waals surface area (Å²) in [6, 6.07) is 13.2. The molecule has 192 valence electrons. The Kier molecular flexibility index (Phi) is 7.13. The van der Waals surface area contributed by atoms with Crippen molar-refractivity contribution in [3.8, 4) is 11.8 Å². The quantitative estimate of drug-likeness (QED) is 0.411. The fourth-order valence-corrected chi connectivity index (χ4v) is 5.79. The maximum Gasteiger partial charge on any atom is 0.459 e. The fraction of sp³-hybridized carbons (Fsp3) is 0.480. The third-order valence-corrected chi connectivity index (χ3v) is 7.83. The largest absolute Gasteiger partial charge is 0.459 e. The molecule has 1 fully saturated rings. The Balaban J connectivity index is 1.48. The monoisotopic (exact) mass is 512 g/mol. The summed E-state index contributed by atoms with van der Waals surface area (Å²) in [4.78, 5) is 3.99. The van der Waals surface area contributed by atoms with Crippen molar-refractivity contribution in [1.82, 2.24) is 19.7 Å². The molecule has 0 aliphatic carbocycles. The van der Waals surface area contributed by atoms with Crippen molar-refractivity contribution in [3.05, 3.63) is 54.0 Å². The first kappa shape index (κ1) is 26.1. The highest BCUT2D eigenvalue weighted by Gasteiger charge is 2.45. The zero-order chi connectivity index (χ0) is 26.1. The van der Waals surface area contributed by atoms with Gasteiger partial charge in [0, 0.05) is 6.04 Å². The second-order valence-electron chi connectivity index (χ2n) is 10.3. The summed E-state index contributed by atoms with van der Waals surface area (Å²) in [5.41, 5.74) is 7.00. The zero-order valence-electron chi connectivity index (χ0n) is 21.3. The van der Waals surface area contributed by atoms with Crippen molar-refractivity contribution in [2.45, 2.75) is 70.6 Å². The predicted octanol–water partition coefficient (Wildman–Crippen LogP) is 4.71. The molecule has 0 radical (unpaired) electrons. The predicted molar refractivity (Wildman–Crippen MR) is 136 cm³/mol. The van der Waals surface area contributed by atoms with E-state index in [1.807, 2.05) is 26.0 Å². The Morgan fingerprint density at radius 2 is 2.03 bits per heavy atom. The second kappa shape index (κ2) is 9.83. The summed E-state index contributed by atoms with van der Waals surface area (Å²) in [7, 11) is -3.72. The van der Waals surface area contributed by atoms with E-state index in [1.165, 1.54) is 6.33 Å². The minimum absolute atomic E-state index is 0.00890. The van der Waals surface area contributed by atoms with Crippen molar-refractivity contribution in [2.24, 2.45) is 0 Å². The third-order valence-electron chi connectivity index (χ3n) is 6.06. The highest BCUT2D eigenvalue weighted by molar-refractivity contribution is 7.52. The standard InChI is InChI=1S/C25H33N6O4P/c1-17(2)30-36(32,35-19-8-6-18(7-9-19)24(3,4)5)33-14-20-12-13-25(15-26,34-20)22-11-10-21-23(27)28-16-29-31(21)22/h6-11,16-17,20H,12-14H2,1-5H3,(H,30,32)(H2,27,28,29). The van der Waals surface area contributed by atoms with Crippen LogP contribution in [-0.4, -0.2) is 33.4 Å². The molecular formula is C25H33N6O4P. The van der Waals surface area contributed by atoms with Gasteiger partial charge in [0.2, 0.25) is 0 Å². The van der Waals surface area contributed by atoms with Gasteiger partial charge in [-0.15, -0.1) is 0 Å². The van der Waals surface area contributed by atoms with E-state index in [0.717, 1.165) is 5.56 Å². The summed E-state index contributed by atoms with van der Waals surface area (Å²) in [5.74, 6) is 0.755. The molecule has 3 heterocycles. The molecule has 4 rings (SSSR count). The van der Waals surface area contributed by atoms with Gasteiger partial charge in [-0.25, -0.2) is 19.2 Å². The van der Waals surface area contributed by atoms with Crippen LogP contribution in [0.2, 0.25) is 0 Å². The Morgan fingerprint density at radius 3 is 2.67 bits per heavy atom. The van der Waals surface area contributed by atoms with Crippen LogP contribution in [0.1, 0.15) is 58.7 Å². The molecule has 1 saturated heterocycles. The van der Waals surface area contributed by atoms with Crippen molar-refractivity contribution in [1.29, 1.82) is 5.26 Å². The second-order valence-corrected chi connectivity index (χ2v) is 12.0. The molecule has 2 aromatic heterocycles. The third kappa shape index (κ3) is 5.40. The average molecular weight is 513 g/mol. The maximum absolute atomic E-state index is 13.6. The molecule has 1 aliphatic heterocycles. The number of ether oxygens (including phenoxy) is 1. The van der Waals surface area contributed by atoms with Gasteiger partial charge in [0.25, 0.3) is 0 Å². The van der Waals surface area contributed by atoms with Gasteiger partial charge in [-0.1, -0.05) is 32.9 Å². The fourth-order valence-electron chi connectivity index (χ4n) is 4.21. The van der Waals surface area contributed by atoms with Crippen molar-refractivity contribution in [2.75, 3.05) is 12.3 Å². The molecule has 3 aromatic rings. The summed E-state index contributed by atoms with van der Waals surface area (Å²) in [6.45, 7) is 10.1. The number of nitrogens with two attached hydrogens (primary N) is 1. The highest BCUT2D eigenvalue weighted by atomic mass is 31.2. The molecule has 0 bridgehead atoms. The molecule has 3 N–H and O–H groups in total. The van der Waals surface area contributed by atoms with Crippen LogP contribution in [0.4, 0.5) is 5.82 Å². The average Bonchev–Trinajstić information content (AvgIpc) is 3.43. The van der Waals surface area contributed by atoms with Gasteiger partial charge in [0.1, 0.15) is 23.7 Å². The van der Waals surface area contributed by atoms with Crippen LogP contribution in [-0.2, 0) is 24.8 Å². The number of hydrogen-bond donors (Lipinski definition) is 2. The molecular weight excluding hydrogens is 479 g/mol. The maximum atomic E-state index is 13.6. The highest BCUT2D eigenvalue weighted by Crippen LogP contribution is 2.47. The van der Waals surface area contributed by atoms with E-state index in [0.29, 0.717) is 35.6 Å². The number of anilines is 1. The lowest BCUT2D eigenvalue weighted by molar-refractivity contribution is -0.0295. The van der Waals surface area contributed by atoms with E-state index in [2.05, 4.69) is 42.0 Å². The first-order valence-corrected chi connectivity index (χ1v) is 13.5. The Labute approximate surface area is 211 Å². The summed E-state index contributed by atoms with van der Waals surface area (Å²) < 4.78 is 33.0. The molecule has 0 spiro atoms. The zero-order valence-corrected chi connectivity index (χ0v) is 22.2. The molecule has 1 aromatic carbocycles. The first-order chi connectivity index (χ1) is 16.9.